The molecule has 2 unspecified atom stereocenters. The van der Waals surface area contributed by atoms with Gasteiger partial charge in [0.05, 0.1) is 36.9 Å². The van der Waals surface area contributed by atoms with Crippen LogP contribution >= 0.6 is 0 Å². The predicted molar refractivity (Wildman–Crippen MR) is 75.4 cm³/mol. The number of nitrogens with two attached hydrogens (primary N) is 1. The third-order valence-corrected chi connectivity index (χ3v) is 4.50. The van der Waals surface area contributed by atoms with Gasteiger partial charge in [0.1, 0.15) is 0 Å². The number of hydrogen-bond acceptors (Lipinski definition) is 5. The van der Waals surface area contributed by atoms with Crippen molar-refractivity contribution in [3.05, 3.63) is 18.2 Å². The van der Waals surface area contributed by atoms with E-state index in [0.29, 0.717) is 18.1 Å². The summed E-state index contributed by atoms with van der Waals surface area (Å²) >= 11 is 0. The monoisotopic (exact) mass is 275 g/mol. The van der Waals surface area contributed by atoms with E-state index >= 15 is 0 Å². The number of imidazole rings is 1. The van der Waals surface area contributed by atoms with Gasteiger partial charge in [0, 0.05) is 19.2 Å². The van der Waals surface area contributed by atoms with Gasteiger partial charge in [-0.05, 0) is 25.7 Å². The average Bonchev–Trinajstić information content (AvgIpc) is 2.89. The smallest absolute Gasteiger partial charge is 0.192 e. The van der Waals surface area contributed by atoms with Crippen LogP contribution in [0.2, 0.25) is 0 Å². The highest BCUT2D eigenvalue weighted by Crippen LogP contribution is 2.38. The van der Waals surface area contributed by atoms with Crippen molar-refractivity contribution in [3.63, 3.8) is 0 Å². The lowest BCUT2D eigenvalue weighted by Crippen LogP contribution is -2.41. The van der Waals surface area contributed by atoms with Gasteiger partial charge in [-0.1, -0.05) is 0 Å². The summed E-state index contributed by atoms with van der Waals surface area (Å²) in [5, 5.41) is 0. The summed E-state index contributed by atoms with van der Waals surface area (Å²) in [4.78, 5) is 11.0. The lowest BCUT2D eigenvalue weighted by molar-refractivity contribution is 0.0845. The van der Waals surface area contributed by atoms with Crippen molar-refractivity contribution in [2.24, 2.45) is 10.7 Å². The number of guanidine groups is 1. The number of aromatic nitrogens is 2. The Bertz CT molecular complexity index is 515. The Kier molecular flexibility index (Phi) is 2.91. The Hall–Kier alpha value is -1.56. The van der Waals surface area contributed by atoms with E-state index in [9.17, 15) is 0 Å². The van der Waals surface area contributed by atoms with E-state index < -0.39 is 0 Å². The first-order valence-corrected chi connectivity index (χ1v) is 7.53. The lowest BCUT2D eigenvalue weighted by Gasteiger charge is -2.29. The third kappa shape index (κ3) is 2.08. The van der Waals surface area contributed by atoms with Gasteiger partial charge in [-0.15, -0.1) is 0 Å². The molecule has 4 rings (SSSR count). The normalized spacial score (nSPS) is 30.0. The molecule has 1 aromatic heterocycles. The molecule has 2 aliphatic heterocycles. The highest BCUT2D eigenvalue weighted by molar-refractivity contribution is 5.80. The van der Waals surface area contributed by atoms with Crippen LogP contribution in [-0.2, 0) is 4.74 Å². The number of ether oxygens (including phenoxy) is 1. The van der Waals surface area contributed by atoms with Gasteiger partial charge in [0.15, 0.2) is 5.96 Å². The standard InChI is InChI=1S/C14H21N5O/c15-14-17-7-13(18(14)8-11-2-1-5-20-11)12-6-16-9-19(12)10-3-4-10/h6,9-11,13H,1-5,7-8H2,(H2,15,17). The second-order valence-corrected chi connectivity index (χ2v) is 5.96. The summed E-state index contributed by atoms with van der Waals surface area (Å²) in [6, 6.07) is 0.862. The highest BCUT2D eigenvalue weighted by atomic mass is 16.5. The van der Waals surface area contributed by atoms with Crippen LogP contribution in [0, 0.1) is 0 Å². The molecule has 6 heteroatoms. The van der Waals surface area contributed by atoms with E-state index in [1.54, 1.807) is 0 Å². The molecule has 3 heterocycles. The molecule has 3 aliphatic rings. The fraction of sp³-hybridized carbons (Fsp3) is 0.714. The first-order chi connectivity index (χ1) is 9.83. The van der Waals surface area contributed by atoms with Gasteiger partial charge < -0.3 is 19.9 Å². The molecule has 2 N–H and O–H groups in total. The molecule has 1 aliphatic carbocycles. The zero-order valence-corrected chi connectivity index (χ0v) is 11.6. The molecule has 2 fully saturated rings. The van der Waals surface area contributed by atoms with Crippen LogP contribution in [0.3, 0.4) is 0 Å². The molecule has 20 heavy (non-hydrogen) atoms. The van der Waals surface area contributed by atoms with Gasteiger partial charge in [-0.25, -0.2) is 4.98 Å². The number of aliphatic imine (C=N–C) groups is 1. The van der Waals surface area contributed by atoms with Gasteiger partial charge in [0.2, 0.25) is 0 Å². The van der Waals surface area contributed by atoms with Crippen LogP contribution in [0.5, 0.6) is 0 Å². The van der Waals surface area contributed by atoms with Gasteiger partial charge >= 0.3 is 0 Å². The van der Waals surface area contributed by atoms with Crippen LogP contribution in [0.4, 0.5) is 0 Å². The molecule has 0 bridgehead atoms. The first kappa shape index (κ1) is 12.2. The molecule has 108 valence electrons. The van der Waals surface area contributed by atoms with E-state index in [4.69, 9.17) is 10.5 Å². The molecule has 1 saturated carbocycles. The summed E-state index contributed by atoms with van der Waals surface area (Å²) in [6.07, 6.45) is 9.02. The summed E-state index contributed by atoms with van der Waals surface area (Å²) < 4.78 is 8.05. The van der Waals surface area contributed by atoms with Crippen LogP contribution in [0.15, 0.2) is 17.5 Å². The van der Waals surface area contributed by atoms with E-state index in [1.165, 1.54) is 18.5 Å². The number of nitrogens with zero attached hydrogens (tertiary/aromatic N) is 4. The topological polar surface area (TPSA) is 68.7 Å². The fourth-order valence-corrected chi connectivity index (χ4v) is 3.24. The Labute approximate surface area is 118 Å². The molecule has 0 aromatic carbocycles. The van der Waals surface area contributed by atoms with Gasteiger partial charge in [-0.3, -0.25) is 4.99 Å². The molecule has 6 nitrogen and oxygen atoms in total. The van der Waals surface area contributed by atoms with E-state index in [1.807, 2.05) is 12.5 Å². The first-order valence-electron chi connectivity index (χ1n) is 7.53. The quantitative estimate of drug-likeness (QED) is 0.892. The van der Waals surface area contributed by atoms with Crippen molar-refractivity contribution in [3.8, 4) is 0 Å². The largest absolute Gasteiger partial charge is 0.376 e. The summed E-state index contributed by atoms with van der Waals surface area (Å²) in [7, 11) is 0. The Morgan fingerprint density at radius 1 is 1.35 bits per heavy atom. The molecule has 2 atom stereocenters. The molecule has 0 spiro atoms. The minimum atomic E-state index is 0.224. The summed E-state index contributed by atoms with van der Waals surface area (Å²) in [5.41, 5.74) is 7.33. The van der Waals surface area contributed by atoms with E-state index in [-0.39, 0.29) is 6.04 Å². The third-order valence-electron chi connectivity index (χ3n) is 4.50. The molecular weight excluding hydrogens is 254 g/mol. The maximum absolute atomic E-state index is 6.09. The predicted octanol–water partition coefficient (Wildman–Crippen LogP) is 1.07. The number of hydrogen-bond donors (Lipinski definition) is 1. The van der Waals surface area contributed by atoms with Gasteiger partial charge in [-0.2, -0.15) is 0 Å². The zero-order valence-electron chi connectivity index (χ0n) is 11.6. The molecular formula is C14H21N5O. The maximum atomic E-state index is 6.09. The van der Waals surface area contributed by atoms with Crippen LogP contribution in [0.1, 0.15) is 43.5 Å². The van der Waals surface area contributed by atoms with Crippen LogP contribution in [-0.4, -0.2) is 46.2 Å². The lowest BCUT2D eigenvalue weighted by atomic mass is 10.1. The molecule has 1 saturated heterocycles. The highest BCUT2D eigenvalue weighted by Gasteiger charge is 2.35. The van der Waals surface area contributed by atoms with Crippen molar-refractivity contribution >= 4 is 5.96 Å². The fourth-order valence-electron chi connectivity index (χ4n) is 3.24. The minimum Gasteiger partial charge on any atom is -0.376 e. The maximum Gasteiger partial charge on any atom is 0.192 e. The Morgan fingerprint density at radius 2 is 2.25 bits per heavy atom. The van der Waals surface area contributed by atoms with Crippen molar-refractivity contribution < 1.29 is 4.74 Å². The minimum absolute atomic E-state index is 0.224. The molecule has 0 amide bonds. The van der Waals surface area contributed by atoms with Crippen molar-refractivity contribution in [1.29, 1.82) is 0 Å². The van der Waals surface area contributed by atoms with Crippen molar-refractivity contribution in [2.75, 3.05) is 19.7 Å². The van der Waals surface area contributed by atoms with Crippen molar-refractivity contribution in [2.45, 2.75) is 43.9 Å². The van der Waals surface area contributed by atoms with E-state index in [0.717, 1.165) is 32.5 Å². The summed E-state index contributed by atoms with van der Waals surface area (Å²) in [5.74, 6) is 0.647. The van der Waals surface area contributed by atoms with Crippen LogP contribution < -0.4 is 5.73 Å². The second-order valence-electron chi connectivity index (χ2n) is 5.96. The molecule has 1 aromatic rings. The Morgan fingerprint density at radius 3 is 3.00 bits per heavy atom. The zero-order chi connectivity index (χ0) is 13.5. The number of rotatable bonds is 4. The van der Waals surface area contributed by atoms with Gasteiger partial charge in [0.25, 0.3) is 0 Å². The van der Waals surface area contributed by atoms with Crippen molar-refractivity contribution in [1.82, 2.24) is 14.5 Å². The second kappa shape index (κ2) is 4.77. The van der Waals surface area contributed by atoms with Crippen LogP contribution in [0.25, 0.3) is 0 Å². The molecule has 0 radical (unpaired) electrons. The average molecular weight is 275 g/mol. The van der Waals surface area contributed by atoms with E-state index in [2.05, 4.69) is 19.4 Å². The SMILES string of the molecule is NC1=NCC(c2cncn2C2CC2)N1CC1CCCO1. The Balaban J connectivity index is 1.55. The summed E-state index contributed by atoms with van der Waals surface area (Å²) in [6.45, 7) is 2.45.